The maximum absolute atomic E-state index is 12.8. The molecule has 0 atom stereocenters. The van der Waals surface area contributed by atoms with Gasteiger partial charge in [-0.25, -0.2) is 0 Å². The summed E-state index contributed by atoms with van der Waals surface area (Å²) in [6.07, 6.45) is 0. The Bertz CT molecular complexity index is 1870. The first-order chi connectivity index (χ1) is 18.8. The van der Waals surface area contributed by atoms with Crippen molar-refractivity contribution in [1.82, 2.24) is 5.32 Å². The van der Waals surface area contributed by atoms with Crippen LogP contribution in [0.4, 0.5) is 17.1 Å². The summed E-state index contributed by atoms with van der Waals surface area (Å²) < 4.78 is 67.4. The zero-order valence-corrected chi connectivity index (χ0v) is 22.8. The molecular formula is C26H24N4O8S2. The highest BCUT2D eigenvalue weighted by molar-refractivity contribution is 7.86. The van der Waals surface area contributed by atoms with Gasteiger partial charge in [0, 0.05) is 17.5 Å². The van der Waals surface area contributed by atoms with E-state index in [2.05, 4.69) is 20.9 Å². The Labute approximate surface area is 229 Å². The highest BCUT2D eigenvalue weighted by atomic mass is 32.2. The van der Waals surface area contributed by atoms with E-state index >= 15 is 0 Å². The number of aromatic hydroxyl groups is 1. The number of nitrogens with zero attached hydrogens (tertiary/aromatic N) is 2. The number of carbonyl (C=O) groups excluding carboxylic acids is 1. The highest BCUT2D eigenvalue weighted by Gasteiger charge is 2.23. The molecule has 208 valence electrons. The second-order valence-corrected chi connectivity index (χ2v) is 11.5. The number of phenols is 1. The standard InChI is InChI=1S/C26H24N4O8S2/c1-15-12-18-21(39(33,34)35)11-9-19(28-26(32)17-6-4-3-5-7-17)23(18)25(31)24(15)30-29-20-13-16(14-27-2)8-10-22(20)40(36,37)38/h3-13,27,31H,14H2,1-2H3,(H,28,32)(H,33,34,35)(H,36,37,38). The number of amides is 1. The summed E-state index contributed by atoms with van der Waals surface area (Å²) in [7, 11) is -7.73. The van der Waals surface area contributed by atoms with Crippen molar-refractivity contribution in [2.45, 2.75) is 23.3 Å². The van der Waals surface area contributed by atoms with Gasteiger partial charge >= 0.3 is 0 Å². The minimum absolute atomic E-state index is 0.0137. The van der Waals surface area contributed by atoms with E-state index in [0.29, 0.717) is 17.7 Å². The molecule has 5 N–H and O–H groups in total. The second-order valence-electron chi connectivity index (χ2n) is 8.73. The zero-order chi connectivity index (χ0) is 29.2. The number of benzene rings is 4. The van der Waals surface area contributed by atoms with E-state index in [1.54, 1.807) is 37.4 Å². The molecule has 0 aliphatic rings. The Morgan fingerprint density at radius 3 is 2.15 bits per heavy atom. The summed E-state index contributed by atoms with van der Waals surface area (Å²) in [6.45, 7) is 1.84. The molecule has 0 saturated carbocycles. The summed E-state index contributed by atoms with van der Waals surface area (Å²) in [6, 6.07) is 15.8. The summed E-state index contributed by atoms with van der Waals surface area (Å²) in [5.74, 6) is -1.14. The number of phenolic OH excluding ortho intramolecular Hbond substituents is 1. The molecule has 0 aliphatic heterocycles. The number of hydrogen-bond acceptors (Lipinski definition) is 9. The molecule has 4 rings (SSSR count). The molecule has 0 heterocycles. The van der Waals surface area contributed by atoms with Gasteiger partial charge in [0.1, 0.15) is 21.2 Å². The van der Waals surface area contributed by atoms with Crippen LogP contribution in [0, 0.1) is 6.92 Å². The summed E-state index contributed by atoms with van der Waals surface area (Å²) in [4.78, 5) is 11.8. The Kier molecular flexibility index (Phi) is 8.00. The molecule has 4 aromatic rings. The molecule has 0 unspecified atom stereocenters. The number of fused-ring (bicyclic) bond motifs is 1. The van der Waals surface area contributed by atoms with Gasteiger partial charge < -0.3 is 15.7 Å². The van der Waals surface area contributed by atoms with Gasteiger partial charge in [-0.15, -0.1) is 10.2 Å². The van der Waals surface area contributed by atoms with Crippen molar-refractivity contribution in [2.24, 2.45) is 10.2 Å². The van der Waals surface area contributed by atoms with Crippen molar-refractivity contribution < 1.29 is 35.8 Å². The fourth-order valence-electron chi connectivity index (χ4n) is 4.11. The first kappa shape index (κ1) is 28.8. The first-order valence-corrected chi connectivity index (χ1v) is 14.5. The Balaban J connectivity index is 1.92. The van der Waals surface area contributed by atoms with Gasteiger partial charge in [-0.1, -0.05) is 24.3 Å². The van der Waals surface area contributed by atoms with Crippen molar-refractivity contribution >= 4 is 54.0 Å². The molecule has 0 fully saturated rings. The molecule has 0 aliphatic carbocycles. The number of azo groups is 1. The normalized spacial score (nSPS) is 12.2. The van der Waals surface area contributed by atoms with Crippen molar-refractivity contribution in [3.05, 3.63) is 83.4 Å². The number of anilines is 1. The molecule has 0 spiro atoms. The SMILES string of the molecule is CNCc1ccc(S(=O)(=O)O)c(N=Nc2c(C)cc3c(S(=O)(=O)O)ccc(NC(=O)c4ccccc4)c3c2O)c1. The van der Waals surface area contributed by atoms with Crippen LogP contribution in [0.3, 0.4) is 0 Å². The summed E-state index contributed by atoms with van der Waals surface area (Å²) >= 11 is 0. The molecule has 0 bridgehead atoms. The molecule has 40 heavy (non-hydrogen) atoms. The number of carbonyl (C=O) groups is 1. The lowest BCUT2D eigenvalue weighted by molar-refractivity contribution is 0.102. The minimum Gasteiger partial charge on any atom is -0.505 e. The third-order valence-corrected chi connectivity index (χ3v) is 7.72. The molecule has 12 nitrogen and oxygen atoms in total. The molecule has 4 aromatic carbocycles. The summed E-state index contributed by atoms with van der Waals surface area (Å²) in [5, 5.41) is 24.5. The van der Waals surface area contributed by atoms with Crippen LogP contribution in [0.2, 0.25) is 0 Å². The van der Waals surface area contributed by atoms with Gasteiger partial charge in [0.15, 0.2) is 5.75 Å². The molecule has 14 heteroatoms. The maximum Gasteiger partial charge on any atom is 0.296 e. The predicted molar refractivity (Wildman–Crippen MR) is 148 cm³/mol. The Hall–Kier alpha value is -4.21. The molecular weight excluding hydrogens is 560 g/mol. The number of nitrogens with one attached hydrogen (secondary N) is 2. The smallest absolute Gasteiger partial charge is 0.296 e. The van der Waals surface area contributed by atoms with E-state index in [0.717, 1.165) is 6.07 Å². The van der Waals surface area contributed by atoms with Crippen molar-refractivity contribution in [2.75, 3.05) is 12.4 Å². The van der Waals surface area contributed by atoms with Crippen molar-refractivity contribution in [3.8, 4) is 5.75 Å². The van der Waals surface area contributed by atoms with Gasteiger partial charge in [0.25, 0.3) is 26.1 Å². The Morgan fingerprint density at radius 2 is 1.52 bits per heavy atom. The lowest BCUT2D eigenvalue weighted by atomic mass is 10.0. The van der Waals surface area contributed by atoms with Crippen molar-refractivity contribution in [1.29, 1.82) is 0 Å². The lowest BCUT2D eigenvalue weighted by Crippen LogP contribution is -2.12. The molecule has 0 radical (unpaired) electrons. The largest absolute Gasteiger partial charge is 0.505 e. The number of aryl methyl sites for hydroxylation is 1. The fraction of sp³-hybridized carbons (Fsp3) is 0.115. The van der Waals surface area contributed by atoms with Gasteiger partial charge in [-0.2, -0.15) is 16.8 Å². The van der Waals surface area contributed by atoms with Crippen LogP contribution in [0.5, 0.6) is 5.75 Å². The summed E-state index contributed by atoms with van der Waals surface area (Å²) in [5.41, 5.74) is 0.769. The quantitative estimate of drug-likeness (QED) is 0.144. The maximum atomic E-state index is 12.8. The van der Waals surface area contributed by atoms with E-state index in [1.165, 1.54) is 37.3 Å². The lowest BCUT2D eigenvalue weighted by Gasteiger charge is -2.15. The fourth-order valence-corrected chi connectivity index (χ4v) is 5.39. The minimum atomic E-state index is -4.74. The van der Waals surface area contributed by atoms with E-state index in [9.17, 15) is 35.8 Å². The van der Waals surface area contributed by atoms with Gasteiger partial charge in [0.2, 0.25) is 0 Å². The zero-order valence-electron chi connectivity index (χ0n) is 21.2. The van der Waals surface area contributed by atoms with Crippen molar-refractivity contribution in [3.63, 3.8) is 0 Å². The molecule has 0 saturated heterocycles. The Morgan fingerprint density at radius 1 is 0.875 bits per heavy atom. The molecule has 0 aromatic heterocycles. The number of hydrogen-bond donors (Lipinski definition) is 5. The average molecular weight is 585 g/mol. The van der Waals surface area contributed by atoms with Crippen LogP contribution in [0.25, 0.3) is 10.8 Å². The third-order valence-electron chi connectivity index (χ3n) is 5.90. The van der Waals surface area contributed by atoms with E-state index in [-0.39, 0.29) is 33.4 Å². The monoisotopic (exact) mass is 584 g/mol. The highest BCUT2D eigenvalue weighted by Crippen LogP contribution is 2.44. The van der Waals surface area contributed by atoms with E-state index < -0.39 is 41.7 Å². The van der Waals surface area contributed by atoms with Gasteiger partial charge in [-0.3, -0.25) is 13.9 Å². The topological polar surface area (TPSA) is 195 Å². The van der Waals surface area contributed by atoms with E-state index in [4.69, 9.17) is 0 Å². The average Bonchev–Trinajstić information content (AvgIpc) is 2.88. The van der Waals surface area contributed by atoms with Crippen LogP contribution >= 0.6 is 0 Å². The first-order valence-electron chi connectivity index (χ1n) is 11.6. The van der Waals surface area contributed by atoms with E-state index in [1.807, 2.05) is 0 Å². The number of rotatable bonds is 8. The van der Waals surface area contributed by atoms with Crippen LogP contribution in [-0.4, -0.2) is 44.0 Å². The molecule has 1 amide bonds. The van der Waals surface area contributed by atoms with Crippen LogP contribution in [0.1, 0.15) is 21.5 Å². The second kappa shape index (κ2) is 11.1. The van der Waals surface area contributed by atoms with Gasteiger partial charge in [0.05, 0.1) is 11.1 Å². The van der Waals surface area contributed by atoms with Gasteiger partial charge in [-0.05, 0) is 67.6 Å². The van der Waals surface area contributed by atoms with Crippen LogP contribution in [0.15, 0.2) is 86.7 Å². The van der Waals surface area contributed by atoms with Crippen LogP contribution in [-0.2, 0) is 26.8 Å². The predicted octanol–water partition coefficient (Wildman–Crippen LogP) is 4.73. The van der Waals surface area contributed by atoms with Crippen LogP contribution < -0.4 is 10.6 Å². The third kappa shape index (κ3) is 6.00.